The van der Waals surface area contributed by atoms with Gasteiger partial charge >= 0.3 is 0 Å². The van der Waals surface area contributed by atoms with E-state index in [4.69, 9.17) is 4.74 Å². The van der Waals surface area contributed by atoms with E-state index in [1.807, 2.05) is 6.08 Å². The lowest BCUT2D eigenvalue weighted by Gasteiger charge is -2.57. The summed E-state index contributed by atoms with van der Waals surface area (Å²) in [5, 5.41) is 0. The third-order valence-electron chi connectivity index (χ3n) is 8.18. The van der Waals surface area contributed by atoms with Crippen LogP contribution in [0.5, 0.6) is 0 Å². The number of carbonyl (C=O) groups is 2. The monoisotopic (exact) mass is 314 g/mol. The van der Waals surface area contributed by atoms with E-state index in [1.165, 1.54) is 12.0 Å². The van der Waals surface area contributed by atoms with Crippen molar-refractivity contribution in [2.24, 2.45) is 28.6 Å². The molecule has 124 valence electrons. The molecule has 0 radical (unpaired) electrons. The first-order valence-corrected chi connectivity index (χ1v) is 9.44. The van der Waals surface area contributed by atoms with Crippen LogP contribution in [-0.4, -0.2) is 24.3 Å². The summed E-state index contributed by atoms with van der Waals surface area (Å²) in [4.78, 5) is 24.5. The van der Waals surface area contributed by atoms with Crippen LogP contribution in [0.4, 0.5) is 0 Å². The van der Waals surface area contributed by atoms with E-state index >= 15 is 0 Å². The molecule has 5 aliphatic rings. The Balaban J connectivity index is 1.57. The van der Waals surface area contributed by atoms with Gasteiger partial charge < -0.3 is 4.74 Å². The number of fused-ring (bicyclic) bond motifs is 5. The molecule has 3 heteroatoms. The molecule has 5 rings (SSSR count). The average molecular weight is 314 g/mol. The SMILES string of the molecule is C[C@]12CC[C@H]3[C@@H](CCC4=CC(=O)CC[C@@]43[C@H]3CO3)[C@@H]1CCC2=O. The van der Waals surface area contributed by atoms with Crippen LogP contribution in [0.2, 0.25) is 0 Å². The van der Waals surface area contributed by atoms with E-state index in [0.29, 0.717) is 41.8 Å². The van der Waals surface area contributed by atoms with E-state index in [0.717, 1.165) is 45.1 Å². The van der Waals surface area contributed by atoms with E-state index in [9.17, 15) is 9.59 Å². The molecule has 0 aromatic heterocycles. The molecule has 0 bridgehead atoms. The van der Waals surface area contributed by atoms with Gasteiger partial charge in [0.05, 0.1) is 12.7 Å². The summed E-state index contributed by atoms with van der Waals surface area (Å²) in [6.07, 6.45) is 10.3. The van der Waals surface area contributed by atoms with E-state index in [1.54, 1.807) is 0 Å². The topological polar surface area (TPSA) is 46.7 Å². The first kappa shape index (κ1) is 14.4. The third kappa shape index (κ3) is 1.75. The van der Waals surface area contributed by atoms with Gasteiger partial charge in [-0.05, 0) is 62.4 Å². The Morgan fingerprint density at radius 1 is 1.04 bits per heavy atom. The summed E-state index contributed by atoms with van der Waals surface area (Å²) >= 11 is 0. The Morgan fingerprint density at radius 3 is 2.65 bits per heavy atom. The summed E-state index contributed by atoms with van der Waals surface area (Å²) in [7, 11) is 0. The van der Waals surface area contributed by atoms with Crippen LogP contribution in [0.25, 0.3) is 0 Å². The quantitative estimate of drug-likeness (QED) is 0.696. The second kappa shape index (κ2) is 4.56. The van der Waals surface area contributed by atoms with Crippen molar-refractivity contribution in [3.8, 4) is 0 Å². The molecule has 0 spiro atoms. The van der Waals surface area contributed by atoms with Crippen LogP contribution in [0.3, 0.4) is 0 Å². The number of hydrogen-bond acceptors (Lipinski definition) is 3. The molecule has 23 heavy (non-hydrogen) atoms. The fraction of sp³-hybridized carbons (Fsp3) is 0.800. The summed E-state index contributed by atoms with van der Waals surface area (Å²) < 4.78 is 5.83. The number of rotatable bonds is 1. The standard InChI is InChI=1S/C20H26O3/c1-19-8-7-16-14(15(19)4-5-17(19)22)3-2-12-10-13(21)6-9-20(12,16)18-11-23-18/h10,14-16,18H,2-9,11H2,1H3/t14-,15-,16-,18+,19-,20+/m0/s1. The second-order valence-corrected chi connectivity index (χ2v) is 8.83. The molecule has 0 unspecified atom stereocenters. The third-order valence-corrected chi connectivity index (χ3v) is 8.18. The molecule has 1 heterocycles. The summed E-state index contributed by atoms with van der Waals surface area (Å²) in [5.74, 6) is 2.69. The Labute approximate surface area is 137 Å². The minimum Gasteiger partial charge on any atom is -0.372 e. The van der Waals surface area contributed by atoms with Gasteiger partial charge in [-0.1, -0.05) is 12.5 Å². The van der Waals surface area contributed by atoms with Crippen molar-refractivity contribution in [1.29, 1.82) is 0 Å². The van der Waals surface area contributed by atoms with Crippen molar-refractivity contribution >= 4 is 11.6 Å². The van der Waals surface area contributed by atoms with Crippen LogP contribution in [0, 0.1) is 28.6 Å². The summed E-state index contributed by atoms with van der Waals surface area (Å²) in [5.41, 5.74) is 1.47. The molecule has 0 amide bonds. The van der Waals surface area contributed by atoms with Gasteiger partial charge in [0.15, 0.2) is 5.78 Å². The minimum absolute atomic E-state index is 0.0571. The Bertz CT molecular complexity index is 616. The molecule has 1 saturated heterocycles. The van der Waals surface area contributed by atoms with Crippen molar-refractivity contribution in [3.63, 3.8) is 0 Å². The van der Waals surface area contributed by atoms with E-state index < -0.39 is 0 Å². The highest BCUT2D eigenvalue weighted by atomic mass is 16.6. The fourth-order valence-electron chi connectivity index (χ4n) is 6.99. The number of ketones is 2. The van der Waals surface area contributed by atoms with E-state index in [2.05, 4.69) is 6.92 Å². The molecular formula is C20H26O3. The van der Waals surface area contributed by atoms with E-state index in [-0.39, 0.29) is 10.8 Å². The zero-order chi connectivity index (χ0) is 15.8. The summed E-state index contributed by atoms with van der Waals surface area (Å²) in [6.45, 7) is 3.11. The number of ether oxygens (including phenoxy) is 1. The van der Waals surface area contributed by atoms with Gasteiger partial charge in [0.2, 0.25) is 0 Å². The van der Waals surface area contributed by atoms with Gasteiger partial charge in [-0.3, -0.25) is 9.59 Å². The first-order valence-electron chi connectivity index (χ1n) is 9.44. The maximum atomic E-state index is 12.5. The normalized spacial score (nSPS) is 51.6. The number of Topliss-reactive ketones (excluding diaryl/α,β-unsaturated/α-hetero) is 1. The van der Waals surface area contributed by atoms with Crippen molar-refractivity contribution in [1.82, 2.24) is 0 Å². The molecule has 4 aliphatic carbocycles. The van der Waals surface area contributed by atoms with Gasteiger partial charge in [-0.15, -0.1) is 0 Å². The molecule has 6 atom stereocenters. The Morgan fingerprint density at radius 2 is 1.87 bits per heavy atom. The lowest BCUT2D eigenvalue weighted by atomic mass is 9.46. The molecule has 4 fully saturated rings. The molecule has 0 aromatic rings. The molecular weight excluding hydrogens is 288 g/mol. The predicted molar refractivity (Wildman–Crippen MR) is 85.8 cm³/mol. The van der Waals surface area contributed by atoms with Crippen LogP contribution >= 0.6 is 0 Å². The van der Waals surface area contributed by atoms with Gasteiger partial charge in [-0.25, -0.2) is 0 Å². The van der Waals surface area contributed by atoms with Crippen molar-refractivity contribution in [3.05, 3.63) is 11.6 Å². The van der Waals surface area contributed by atoms with Gasteiger partial charge in [0.25, 0.3) is 0 Å². The van der Waals surface area contributed by atoms with Gasteiger partial charge in [0, 0.05) is 23.7 Å². The number of carbonyl (C=O) groups excluding carboxylic acids is 2. The first-order chi connectivity index (χ1) is 11.1. The van der Waals surface area contributed by atoms with Crippen LogP contribution < -0.4 is 0 Å². The second-order valence-electron chi connectivity index (χ2n) is 8.83. The van der Waals surface area contributed by atoms with Crippen LogP contribution in [-0.2, 0) is 14.3 Å². The number of hydrogen-bond donors (Lipinski definition) is 0. The zero-order valence-electron chi connectivity index (χ0n) is 14.0. The Hall–Kier alpha value is -0.960. The van der Waals surface area contributed by atoms with Crippen molar-refractivity contribution < 1.29 is 14.3 Å². The van der Waals surface area contributed by atoms with Gasteiger partial charge in [0.1, 0.15) is 5.78 Å². The molecule has 3 nitrogen and oxygen atoms in total. The lowest BCUT2D eigenvalue weighted by Crippen LogP contribution is -2.53. The predicted octanol–water partition coefficient (Wildman–Crippen LogP) is 3.47. The highest BCUT2D eigenvalue weighted by Gasteiger charge is 2.64. The van der Waals surface area contributed by atoms with Crippen LogP contribution in [0.1, 0.15) is 58.3 Å². The average Bonchev–Trinajstić information content (AvgIpc) is 3.34. The van der Waals surface area contributed by atoms with Crippen LogP contribution in [0.15, 0.2) is 11.6 Å². The maximum Gasteiger partial charge on any atom is 0.155 e. The molecule has 3 saturated carbocycles. The van der Waals surface area contributed by atoms with Crippen molar-refractivity contribution in [2.45, 2.75) is 64.4 Å². The number of epoxide rings is 1. The molecule has 1 aliphatic heterocycles. The lowest BCUT2D eigenvalue weighted by molar-refractivity contribution is -0.133. The highest BCUT2D eigenvalue weighted by Crippen LogP contribution is 2.66. The molecule has 0 aromatic carbocycles. The Kier molecular flexibility index (Phi) is 2.85. The smallest absolute Gasteiger partial charge is 0.155 e. The maximum absolute atomic E-state index is 12.5. The zero-order valence-corrected chi connectivity index (χ0v) is 14.0. The van der Waals surface area contributed by atoms with Crippen molar-refractivity contribution in [2.75, 3.05) is 6.61 Å². The largest absolute Gasteiger partial charge is 0.372 e. The van der Waals surface area contributed by atoms with Gasteiger partial charge in [-0.2, -0.15) is 0 Å². The minimum atomic E-state index is -0.0571. The summed E-state index contributed by atoms with van der Waals surface area (Å²) in [6, 6.07) is 0. The molecule has 0 N–H and O–H groups in total. The fourth-order valence-corrected chi connectivity index (χ4v) is 6.99. The highest BCUT2D eigenvalue weighted by molar-refractivity contribution is 5.92.